The molecule has 0 aliphatic heterocycles. The zero-order valence-electron chi connectivity index (χ0n) is 10.6. The van der Waals surface area contributed by atoms with Crippen molar-refractivity contribution in [1.82, 2.24) is 9.55 Å². The van der Waals surface area contributed by atoms with Gasteiger partial charge in [-0.25, -0.2) is 4.98 Å². The van der Waals surface area contributed by atoms with Crippen LogP contribution in [0.3, 0.4) is 0 Å². The van der Waals surface area contributed by atoms with Gasteiger partial charge in [-0.15, -0.1) is 0 Å². The van der Waals surface area contributed by atoms with Crippen LogP contribution in [0, 0.1) is 6.92 Å². The molecule has 0 aliphatic carbocycles. The van der Waals surface area contributed by atoms with E-state index in [4.69, 9.17) is 0 Å². The second-order valence-corrected chi connectivity index (χ2v) is 5.19. The molecule has 1 N–H and O–H groups in total. The van der Waals surface area contributed by atoms with Crippen LogP contribution in [-0.4, -0.2) is 14.7 Å². The molecule has 0 aliphatic rings. The van der Waals surface area contributed by atoms with Crippen molar-refractivity contribution in [3.05, 3.63) is 52.0 Å². The minimum absolute atomic E-state index is 0.677. The molecule has 1 unspecified atom stereocenters. The van der Waals surface area contributed by atoms with Crippen LogP contribution in [0.15, 0.2) is 35.1 Å². The molecule has 0 spiro atoms. The molecule has 1 heterocycles. The maximum atomic E-state index is 10.5. The lowest BCUT2D eigenvalue weighted by Crippen LogP contribution is -2.11. The molecule has 0 radical (unpaired) electrons. The van der Waals surface area contributed by atoms with E-state index in [1.807, 2.05) is 35.9 Å². The molecule has 0 amide bonds. The van der Waals surface area contributed by atoms with Crippen molar-refractivity contribution in [3.8, 4) is 0 Å². The standard InChI is InChI=1S/C14H17BrN2O/c1-3-8-17-9-7-16-14(17)13(18)11-5-4-6-12(15)10(11)2/h4-7,9,13,18H,3,8H2,1-2H3. The van der Waals surface area contributed by atoms with E-state index in [0.717, 1.165) is 28.6 Å². The average molecular weight is 309 g/mol. The number of nitrogens with zero attached hydrogens (tertiary/aromatic N) is 2. The number of aryl methyl sites for hydroxylation is 1. The highest BCUT2D eigenvalue weighted by Crippen LogP contribution is 2.28. The maximum Gasteiger partial charge on any atom is 0.142 e. The van der Waals surface area contributed by atoms with E-state index < -0.39 is 6.10 Å². The molecular formula is C14H17BrN2O. The van der Waals surface area contributed by atoms with Gasteiger partial charge < -0.3 is 9.67 Å². The van der Waals surface area contributed by atoms with E-state index in [1.54, 1.807) is 6.20 Å². The first-order valence-corrected chi connectivity index (χ1v) is 6.88. The predicted octanol–water partition coefficient (Wildman–Crippen LogP) is 3.45. The van der Waals surface area contributed by atoms with Gasteiger partial charge in [0.2, 0.25) is 0 Å². The number of imidazole rings is 1. The van der Waals surface area contributed by atoms with Gasteiger partial charge in [-0.3, -0.25) is 0 Å². The Kier molecular flexibility index (Phi) is 4.19. The first-order chi connectivity index (χ1) is 8.65. The second kappa shape index (κ2) is 5.67. The second-order valence-electron chi connectivity index (χ2n) is 4.34. The largest absolute Gasteiger partial charge is 0.380 e. The lowest BCUT2D eigenvalue weighted by molar-refractivity contribution is 0.203. The maximum absolute atomic E-state index is 10.5. The molecule has 1 aromatic carbocycles. The SMILES string of the molecule is CCCn1ccnc1C(O)c1cccc(Br)c1C. The Balaban J connectivity index is 2.38. The van der Waals surface area contributed by atoms with Crippen molar-refractivity contribution in [2.45, 2.75) is 32.9 Å². The lowest BCUT2D eigenvalue weighted by atomic mass is 10.0. The van der Waals surface area contributed by atoms with Crippen LogP contribution >= 0.6 is 15.9 Å². The fraction of sp³-hybridized carbons (Fsp3) is 0.357. The van der Waals surface area contributed by atoms with Crippen molar-refractivity contribution < 1.29 is 5.11 Å². The van der Waals surface area contributed by atoms with Gasteiger partial charge in [-0.2, -0.15) is 0 Å². The summed E-state index contributed by atoms with van der Waals surface area (Å²) in [6.07, 6.45) is 3.99. The fourth-order valence-corrected chi connectivity index (χ4v) is 2.44. The Morgan fingerprint density at radius 1 is 1.44 bits per heavy atom. The molecular weight excluding hydrogens is 292 g/mol. The van der Waals surface area contributed by atoms with Crippen LogP contribution in [-0.2, 0) is 6.54 Å². The van der Waals surface area contributed by atoms with Gasteiger partial charge in [0.25, 0.3) is 0 Å². The summed E-state index contributed by atoms with van der Waals surface area (Å²) >= 11 is 3.49. The smallest absolute Gasteiger partial charge is 0.142 e. The van der Waals surface area contributed by atoms with Gasteiger partial charge in [0.15, 0.2) is 0 Å². The Labute approximate surface area is 116 Å². The predicted molar refractivity (Wildman–Crippen MR) is 75.5 cm³/mol. The average Bonchev–Trinajstić information content (AvgIpc) is 2.80. The molecule has 0 saturated carbocycles. The first-order valence-electron chi connectivity index (χ1n) is 6.09. The molecule has 0 bridgehead atoms. The van der Waals surface area contributed by atoms with Crippen LogP contribution in [0.4, 0.5) is 0 Å². The van der Waals surface area contributed by atoms with Gasteiger partial charge in [-0.05, 0) is 30.5 Å². The van der Waals surface area contributed by atoms with E-state index in [1.165, 1.54) is 0 Å². The van der Waals surface area contributed by atoms with Crippen molar-refractivity contribution in [2.24, 2.45) is 0 Å². The third-order valence-electron chi connectivity index (χ3n) is 3.06. The Hall–Kier alpha value is -1.13. The quantitative estimate of drug-likeness (QED) is 0.939. The number of aliphatic hydroxyl groups is 1. The first kappa shape index (κ1) is 13.3. The summed E-state index contributed by atoms with van der Waals surface area (Å²) in [5.74, 6) is 0.707. The van der Waals surface area contributed by atoms with Crippen LogP contribution < -0.4 is 0 Å². The normalized spacial score (nSPS) is 12.7. The third kappa shape index (κ3) is 2.49. The number of hydrogen-bond donors (Lipinski definition) is 1. The number of hydrogen-bond acceptors (Lipinski definition) is 2. The van der Waals surface area contributed by atoms with Gasteiger partial charge in [0.1, 0.15) is 11.9 Å². The molecule has 96 valence electrons. The van der Waals surface area contributed by atoms with Crippen molar-refractivity contribution in [1.29, 1.82) is 0 Å². The number of aliphatic hydroxyl groups excluding tert-OH is 1. The molecule has 0 fully saturated rings. The zero-order valence-corrected chi connectivity index (χ0v) is 12.2. The summed E-state index contributed by atoms with van der Waals surface area (Å²) in [5.41, 5.74) is 1.95. The summed E-state index contributed by atoms with van der Waals surface area (Å²) < 4.78 is 3.01. The highest BCUT2D eigenvalue weighted by Gasteiger charge is 2.18. The summed E-state index contributed by atoms with van der Waals surface area (Å²) in [6, 6.07) is 5.85. The number of halogens is 1. The molecule has 4 heteroatoms. The van der Waals surface area contributed by atoms with Gasteiger partial charge in [0.05, 0.1) is 0 Å². The van der Waals surface area contributed by atoms with Crippen molar-refractivity contribution >= 4 is 15.9 Å². The van der Waals surface area contributed by atoms with Crippen LogP contribution in [0.5, 0.6) is 0 Å². The minimum Gasteiger partial charge on any atom is -0.380 e. The van der Waals surface area contributed by atoms with E-state index >= 15 is 0 Å². The van der Waals surface area contributed by atoms with Crippen molar-refractivity contribution in [3.63, 3.8) is 0 Å². The summed E-state index contributed by atoms with van der Waals surface area (Å²) in [6.45, 7) is 4.98. The molecule has 2 aromatic rings. The summed E-state index contributed by atoms with van der Waals surface area (Å²) in [7, 11) is 0. The van der Waals surface area contributed by atoms with Gasteiger partial charge >= 0.3 is 0 Å². The number of benzene rings is 1. The fourth-order valence-electron chi connectivity index (χ4n) is 2.06. The minimum atomic E-state index is -0.677. The van der Waals surface area contributed by atoms with Gasteiger partial charge in [0, 0.05) is 23.4 Å². The van der Waals surface area contributed by atoms with E-state index in [2.05, 4.69) is 27.8 Å². The van der Waals surface area contributed by atoms with E-state index in [0.29, 0.717) is 5.82 Å². The number of aromatic nitrogens is 2. The topological polar surface area (TPSA) is 38.0 Å². The highest BCUT2D eigenvalue weighted by atomic mass is 79.9. The van der Waals surface area contributed by atoms with Gasteiger partial charge in [-0.1, -0.05) is 35.0 Å². The summed E-state index contributed by atoms with van der Waals surface area (Å²) in [5, 5.41) is 10.5. The number of rotatable bonds is 4. The van der Waals surface area contributed by atoms with Crippen molar-refractivity contribution in [2.75, 3.05) is 0 Å². The van der Waals surface area contributed by atoms with E-state index in [9.17, 15) is 5.11 Å². The molecule has 1 aromatic heterocycles. The molecule has 1 atom stereocenters. The zero-order chi connectivity index (χ0) is 13.1. The van der Waals surface area contributed by atoms with E-state index in [-0.39, 0.29) is 0 Å². The third-order valence-corrected chi connectivity index (χ3v) is 3.92. The summed E-state index contributed by atoms with van der Waals surface area (Å²) in [4.78, 5) is 4.28. The van der Waals surface area contributed by atoms with Crippen LogP contribution in [0.1, 0.15) is 36.4 Å². The van der Waals surface area contributed by atoms with Crippen LogP contribution in [0.25, 0.3) is 0 Å². The molecule has 2 rings (SSSR count). The molecule has 0 saturated heterocycles. The monoisotopic (exact) mass is 308 g/mol. The Bertz CT molecular complexity index is 536. The Morgan fingerprint density at radius 3 is 2.94 bits per heavy atom. The molecule has 3 nitrogen and oxygen atoms in total. The molecule has 18 heavy (non-hydrogen) atoms. The van der Waals surface area contributed by atoms with Crippen LogP contribution in [0.2, 0.25) is 0 Å². The lowest BCUT2D eigenvalue weighted by Gasteiger charge is -2.16. The Morgan fingerprint density at radius 2 is 2.22 bits per heavy atom. The highest BCUT2D eigenvalue weighted by molar-refractivity contribution is 9.10.